The van der Waals surface area contributed by atoms with E-state index >= 15 is 0 Å². The third-order valence-electron chi connectivity index (χ3n) is 9.87. The molecule has 4 N–H and O–H groups in total. The number of hydrogen-bond donors (Lipinski definition) is 4. The van der Waals surface area contributed by atoms with Gasteiger partial charge in [-0.15, -0.1) is 6.42 Å². The first-order chi connectivity index (χ1) is 24.7. The number of hydrogen-bond acceptors (Lipinski definition) is 7. The minimum atomic E-state index is -1.11. The molecule has 0 radical (unpaired) electrons. The number of urea groups is 1. The molecule has 290 valence electrons. The van der Waals surface area contributed by atoms with Gasteiger partial charge in [-0.1, -0.05) is 92.9 Å². The summed E-state index contributed by atoms with van der Waals surface area (Å²) >= 11 is 0. The Morgan fingerprint density at radius 1 is 0.962 bits per heavy atom. The van der Waals surface area contributed by atoms with E-state index in [1.165, 1.54) is 9.80 Å². The quantitative estimate of drug-likeness (QED) is 0.129. The van der Waals surface area contributed by atoms with Gasteiger partial charge in [0, 0.05) is 18.7 Å². The molecule has 2 aliphatic rings. The molecule has 1 aromatic rings. The Labute approximate surface area is 314 Å². The van der Waals surface area contributed by atoms with Crippen LogP contribution in [0.25, 0.3) is 0 Å². The van der Waals surface area contributed by atoms with Gasteiger partial charge >= 0.3 is 6.03 Å². The van der Waals surface area contributed by atoms with Crippen molar-refractivity contribution in [3.63, 3.8) is 0 Å². The Kier molecular flexibility index (Phi) is 14.4. The van der Waals surface area contributed by atoms with Crippen LogP contribution in [0.15, 0.2) is 24.3 Å². The van der Waals surface area contributed by atoms with Gasteiger partial charge in [0.2, 0.25) is 23.5 Å². The second-order valence-electron chi connectivity index (χ2n) is 16.7. The van der Waals surface area contributed by atoms with E-state index in [1.807, 2.05) is 41.5 Å². The van der Waals surface area contributed by atoms with Crippen molar-refractivity contribution < 1.29 is 33.6 Å². The molecule has 3 rings (SSSR count). The number of rotatable bonds is 14. The molecule has 1 saturated heterocycles. The average molecular weight is 735 g/mol. The number of ketones is 1. The monoisotopic (exact) mass is 734 g/mol. The minimum absolute atomic E-state index is 0.0687. The average Bonchev–Trinajstić information content (AvgIpc) is 3.48. The van der Waals surface area contributed by atoms with Gasteiger partial charge in [-0.2, -0.15) is 0 Å². The first kappa shape index (κ1) is 42.7. The van der Waals surface area contributed by atoms with Crippen LogP contribution in [0.2, 0.25) is 0 Å². The number of Topliss-reactive ketones (excluding diaryl/α,β-unsaturated/α-hetero) is 1. The number of carbonyl (C=O) groups excluding carboxylic acids is 7. The molecule has 1 unspecified atom stereocenters. The number of nitrogens with one attached hydrogen (secondary N) is 4. The van der Waals surface area contributed by atoms with E-state index in [0.717, 1.165) is 0 Å². The Balaban J connectivity index is 1.85. The molecule has 5 atom stereocenters. The molecule has 7 amide bonds. The molecule has 2 aliphatic heterocycles. The third-order valence-corrected chi connectivity index (χ3v) is 9.87. The topological polar surface area (TPSA) is 174 Å². The fraction of sp³-hybridized carbons (Fsp3) is 0.625. The molecule has 0 bridgehead atoms. The van der Waals surface area contributed by atoms with Crippen molar-refractivity contribution in [1.82, 2.24) is 31.1 Å². The van der Waals surface area contributed by atoms with Crippen LogP contribution in [-0.4, -0.2) is 95.0 Å². The van der Waals surface area contributed by atoms with Crippen molar-refractivity contribution in [1.29, 1.82) is 0 Å². The van der Waals surface area contributed by atoms with Crippen LogP contribution < -0.4 is 21.3 Å². The molecule has 13 heteroatoms. The summed E-state index contributed by atoms with van der Waals surface area (Å²) in [5.41, 5.74) is -0.296. The zero-order valence-electron chi connectivity index (χ0n) is 32.8. The highest BCUT2D eigenvalue weighted by Gasteiger charge is 2.47. The van der Waals surface area contributed by atoms with Crippen molar-refractivity contribution in [2.45, 2.75) is 119 Å². The third kappa shape index (κ3) is 10.9. The lowest BCUT2D eigenvalue weighted by atomic mass is 9.84. The first-order valence-electron chi connectivity index (χ1n) is 18.6. The second kappa shape index (κ2) is 17.9. The van der Waals surface area contributed by atoms with Crippen LogP contribution in [0.4, 0.5) is 4.79 Å². The Morgan fingerprint density at radius 3 is 2.21 bits per heavy atom. The largest absolute Gasteiger partial charge is 0.344 e. The fourth-order valence-electron chi connectivity index (χ4n) is 6.95. The summed E-state index contributed by atoms with van der Waals surface area (Å²) in [5, 5.41) is 10.9. The van der Waals surface area contributed by atoms with Crippen LogP contribution in [0.1, 0.15) is 104 Å². The van der Waals surface area contributed by atoms with Crippen molar-refractivity contribution in [3.05, 3.63) is 35.4 Å². The molecular formula is C40H58N6O7. The lowest BCUT2D eigenvalue weighted by Crippen LogP contribution is -2.62. The maximum atomic E-state index is 14.5. The fourth-order valence-corrected chi connectivity index (χ4v) is 6.95. The predicted octanol–water partition coefficient (Wildman–Crippen LogP) is 3.21. The number of carbonyl (C=O) groups is 7. The van der Waals surface area contributed by atoms with Gasteiger partial charge in [0.1, 0.15) is 12.1 Å². The Hall–Kier alpha value is -4.73. The maximum Gasteiger partial charge on any atom is 0.315 e. The molecule has 2 heterocycles. The Bertz CT molecular complexity index is 1600. The van der Waals surface area contributed by atoms with Crippen LogP contribution in [-0.2, 0) is 30.4 Å². The summed E-state index contributed by atoms with van der Waals surface area (Å²) in [6.07, 6.45) is 7.19. The van der Waals surface area contributed by atoms with Gasteiger partial charge in [0.25, 0.3) is 11.8 Å². The Morgan fingerprint density at radius 2 is 1.62 bits per heavy atom. The van der Waals surface area contributed by atoms with Crippen molar-refractivity contribution in [3.8, 4) is 12.3 Å². The molecule has 1 aromatic carbocycles. The number of terminal acetylenes is 1. The smallest absolute Gasteiger partial charge is 0.315 e. The van der Waals surface area contributed by atoms with E-state index in [1.54, 1.807) is 45.0 Å². The summed E-state index contributed by atoms with van der Waals surface area (Å²) in [7, 11) is 0. The molecule has 53 heavy (non-hydrogen) atoms. The van der Waals surface area contributed by atoms with Crippen LogP contribution in [0.5, 0.6) is 0 Å². The molecular weight excluding hydrogens is 676 g/mol. The lowest BCUT2D eigenvalue weighted by molar-refractivity contribution is -0.144. The van der Waals surface area contributed by atoms with Crippen molar-refractivity contribution in [2.24, 2.45) is 22.7 Å². The summed E-state index contributed by atoms with van der Waals surface area (Å²) in [5.74, 6) is -1.28. The van der Waals surface area contributed by atoms with Gasteiger partial charge in [-0.05, 0) is 53.6 Å². The van der Waals surface area contributed by atoms with Crippen molar-refractivity contribution in [2.75, 3.05) is 19.6 Å². The molecule has 0 aliphatic carbocycles. The molecule has 0 aromatic heterocycles. The zero-order chi connectivity index (χ0) is 39.8. The summed E-state index contributed by atoms with van der Waals surface area (Å²) in [6, 6.07) is 2.48. The highest BCUT2D eigenvalue weighted by atomic mass is 16.2. The summed E-state index contributed by atoms with van der Waals surface area (Å²) < 4.78 is 0. The van der Waals surface area contributed by atoms with E-state index in [2.05, 4.69) is 27.2 Å². The van der Waals surface area contributed by atoms with Crippen LogP contribution >= 0.6 is 0 Å². The standard InChI is InChI=1S/C40H58N6O7/c1-11-15-28(32(48)35(50)41-19-12-2)42-34(49)31-26(21-24(3)4)18-20-45(31)37(52)33(40(8,9)10)44-38(53)43-29(39(5,6)7)23-46-30(47)22-25-16-13-14-17-27(25)36(46)51/h2,13-14,16-17,24,26,28-29,31,33H,11,15,18-23H2,1,3-10H3,(H,41,50)(H,42,49)(H2,43,44,53)/t26-,28?,29-,31+,33-/m1/s1. The van der Waals surface area contributed by atoms with Gasteiger partial charge < -0.3 is 26.2 Å². The first-order valence-corrected chi connectivity index (χ1v) is 18.6. The summed E-state index contributed by atoms with van der Waals surface area (Å²) in [6.45, 7) is 17.0. The number of nitrogens with zero attached hydrogens (tertiary/aromatic N) is 2. The molecule has 13 nitrogen and oxygen atoms in total. The lowest BCUT2D eigenvalue weighted by Gasteiger charge is -2.39. The van der Waals surface area contributed by atoms with E-state index in [-0.39, 0.29) is 50.2 Å². The number of imide groups is 1. The molecule has 0 saturated carbocycles. The van der Waals surface area contributed by atoms with Gasteiger partial charge in [-0.25, -0.2) is 4.79 Å². The number of benzene rings is 1. The highest BCUT2D eigenvalue weighted by molar-refractivity contribution is 6.38. The van der Waals surface area contributed by atoms with Gasteiger partial charge in [0.15, 0.2) is 0 Å². The highest BCUT2D eigenvalue weighted by Crippen LogP contribution is 2.33. The number of fused-ring (bicyclic) bond motifs is 1. The number of likely N-dealkylation sites (tertiary alicyclic amines) is 1. The second-order valence-corrected chi connectivity index (χ2v) is 16.7. The van der Waals surface area contributed by atoms with Gasteiger partial charge in [-0.3, -0.25) is 33.7 Å². The van der Waals surface area contributed by atoms with Gasteiger partial charge in [0.05, 0.1) is 25.0 Å². The van der Waals surface area contributed by atoms with Crippen LogP contribution in [0, 0.1) is 35.0 Å². The zero-order valence-corrected chi connectivity index (χ0v) is 32.8. The SMILES string of the molecule is C#CCNC(=O)C(=O)C(CCC)NC(=O)[C@@H]1[C@@H](CC(C)C)CCN1C(=O)[C@@H](NC(=O)N[C@H](CN1C(=O)Cc2ccccc2C1=O)C(C)(C)C)C(C)(C)C. The van der Waals surface area contributed by atoms with Crippen molar-refractivity contribution >= 4 is 41.4 Å². The van der Waals surface area contributed by atoms with Crippen LogP contribution in [0.3, 0.4) is 0 Å². The maximum absolute atomic E-state index is 14.5. The molecule has 1 fully saturated rings. The molecule has 0 spiro atoms. The van der Waals surface area contributed by atoms with E-state index in [4.69, 9.17) is 6.42 Å². The predicted molar refractivity (Wildman–Crippen MR) is 201 cm³/mol. The normalized spacial score (nSPS) is 19.1. The van der Waals surface area contributed by atoms with E-state index in [0.29, 0.717) is 30.4 Å². The number of amides is 7. The van der Waals surface area contributed by atoms with E-state index in [9.17, 15) is 33.6 Å². The van der Waals surface area contributed by atoms with E-state index < -0.39 is 70.4 Å². The summed E-state index contributed by atoms with van der Waals surface area (Å²) in [4.78, 5) is 97.0. The minimum Gasteiger partial charge on any atom is -0.344 e.